The van der Waals surface area contributed by atoms with Crippen molar-refractivity contribution in [3.8, 4) is 0 Å². The molecule has 0 amide bonds. The van der Waals surface area contributed by atoms with Gasteiger partial charge in [-0.3, -0.25) is 4.79 Å². The summed E-state index contributed by atoms with van der Waals surface area (Å²) in [6.07, 6.45) is -3.78. The van der Waals surface area contributed by atoms with Gasteiger partial charge in [0, 0.05) is 38.5 Å². The fraction of sp³-hybridized carbons (Fsp3) is 0.972. The molecule has 4 aliphatic rings. The van der Waals surface area contributed by atoms with Gasteiger partial charge in [-0.2, -0.15) is 0 Å². The van der Waals surface area contributed by atoms with Crippen molar-refractivity contribution in [1.82, 2.24) is 4.90 Å². The first kappa shape index (κ1) is 39.8. The molecule has 0 aromatic carbocycles. The van der Waals surface area contributed by atoms with E-state index in [4.69, 9.17) is 28.4 Å². The van der Waals surface area contributed by atoms with Crippen molar-refractivity contribution in [2.24, 2.45) is 23.7 Å². The quantitative estimate of drug-likeness (QED) is 0.303. The minimum Gasteiger partial charge on any atom is -0.459 e. The minimum atomic E-state index is -1.75. The van der Waals surface area contributed by atoms with Crippen LogP contribution in [-0.4, -0.2) is 130 Å². The van der Waals surface area contributed by atoms with Crippen LogP contribution in [0.5, 0.6) is 0 Å². The van der Waals surface area contributed by atoms with E-state index in [2.05, 4.69) is 0 Å². The van der Waals surface area contributed by atoms with Crippen LogP contribution in [-0.2, 0) is 33.2 Å². The fourth-order valence-electron chi connectivity index (χ4n) is 8.31. The number of carbonyl (C=O) groups is 1. The van der Waals surface area contributed by atoms with E-state index in [-0.39, 0.29) is 37.2 Å². The lowest BCUT2D eigenvalue weighted by atomic mass is 9.83. The van der Waals surface area contributed by atoms with Gasteiger partial charge in [0.25, 0.3) is 0 Å². The molecule has 3 aliphatic heterocycles. The summed E-state index contributed by atoms with van der Waals surface area (Å²) in [6, 6.07) is -0.481. The molecule has 1 aliphatic carbocycles. The van der Waals surface area contributed by atoms with Crippen LogP contribution in [0.2, 0.25) is 0 Å². The number of fused-ring (bicyclic) bond motifs is 1. The normalized spacial score (nSPS) is 51.7. The van der Waals surface area contributed by atoms with E-state index in [0.29, 0.717) is 18.9 Å². The number of aliphatic hydroxyl groups is 4. The van der Waals surface area contributed by atoms with Crippen molar-refractivity contribution in [1.29, 1.82) is 0 Å². The van der Waals surface area contributed by atoms with Crippen LogP contribution in [0.1, 0.15) is 101 Å². The number of carbonyl (C=O) groups excluding carboxylic acids is 1. The maximum absolute atomic E-state index is 14.0. The Morgan fingerprint density at radius 2 is 1.60 bits per heavy atom. The Kier molecular flexibility index (Phi) is 12.7. The van der Waals surface area contributed by atoms with Gasteiger partial charge in [-0.05, 0) is 93.0 Å². The van der Waals surface area contributed by atoms with Crippen LogP contribution in [0.25, 0.3) is 0 Å². The zero-order valence-corrected chi connectivity index (χ0v) is 31.1. The topological polar surface area (TPSA) is 157 Å². The summed E-state index contributed by atoms with van der Waals surface area (Å²) in [4.78, 5) is 15.9. The lowest BCUT2D eigenvalue weighted by molar-refractivity contribution is -0.299. The number of nitrogens with zero attached hydrogens (tertiary/aromatic N) is 1. The molecular formula is C36H65NO11. The Morgan fingerprint density at radius 3 is 2.23 bits per heavy atom. The van der Waals surface area contributed by atoms with Crippen LogP contribution in [0.15, 0.2) is 0 Å². The number of rotatable bonds is 6. The molecule has 0 bridgehead atoms. The van der Waals surface area contributed by atoms with Gasteiger partial charge in [-0.25, -0.2) is 0 Å². The van der Waals surface area contributed by atoms with Crippen LogP contribution >= 0.6 is 0 Å². The summed E-state index contributed by atoms with van der Waals surface area (Å²) in [5, 5.41) is 46.1. The number of esters is 1. The first-order valence-electron chi connectivity index (χ1n) is 18.1. The summed E-state index contributed by atoms with van der Waals surface area (Å²) < 4.78 is 37.5. The number of cyclic esters (lactones) is 1. The van der Waals surface area contributed by atoms with Gasteiger partial charge >= 0.3 is 5.97 Å². The van der Waals surface area contributed by atoms with E-state index in [1.807, 2.05) is 32.7 Å². The third-order valence-electron chi connectivity index (χ3n) is 11.9. The van der Waals surface area contributed by atoms with Crippen molar-refractivity contribution in [2.45, 2.75) is 179 Å². The fourth-order valence-corrected chi connectivity index (χ4v) is 8.31. The second kappa shape index (κ2) is 15.4. The number of hydrogen-bond acceptors (Lipinski definition) is 12. The van der Waals surface area contributed by atoms with E-state index in [1.165, 1.54) is 14.0 Å². The number of aliphatic hydroxyl groups excluding tert-OH is 2. The lowest BCUT2D eigenvalue weighted by Gasteiger charge is -2.46. The Labute approximate surface area is 287 Å². The van der Waals surface area contributed by atoms with Crippen molar-refractivity contribution < 1.29 is 53.6 Å². The monoisotopic (exact) mass is 687 g/mol. The summed E-state index contributed by atoms with van der Waals surface area (Å²) in [6.45, 7) is 16.7. The molecule has 0 spiro atoms. The summed E-state index contributed by atoms with van der Waals surface area (Å²) in [7, 11) is 3.41. The average molecular weight is 688 g/mol. The van der Waals surface area contributed by atoms with Crippen molar-refractivity contribution in [3.63, 3.8) is 0 Å². The van der Waals surface area contributed by atoms with Gasteiger partial charge in [0.05, 0.1) is 41.5 Å². The molecule has 12 nitrogen and oxygen atoms in total. The minimum absolute atomic E-state index is 0.0291. The molecule has 1 saturated carbocycles. The van der Waals surface area contributed by atoms with Gasteiger partial charge in [-0.1, -0.05) is 13.8 Å². The number of methoxy groups -OCH3 is 1. The van der Waals surface area contributed by atoms with Crippen LogP contribution < -0.4 is 0 Å². The van der Waals surface area contributed by atoms with Crippen molar-refractivity contribution in [2.75, 3.05) is 20.7 Å². The van der Waals surface area contributed by atoms with E-state index in [9.17, 15) is 25.2 Å². The SMILES string of the molecule is CC[C@H]1OC(=O)[C@H](C)[C@@H](O[C@H]2C[C@@](C)(OC)[C@@H](O)[C@H](C)O2)C[C@@H](O[C@@H]2O[C@H](C)C[C@H]3C[C@H]32)[C@](C)(O)C[C@@H](C)CN(C)[C@H](C)[C@@H](O)[C@]1(C)O. The molecule has 4 N–H and O–H groups in total. The highest BCUT2D eigenvalue weighted by Crippen LogP contribution is 2.51. The first-order chi connectivity index (χ1) is 22.2. The molecule has 48 heavy (non-hydrogen) atoms. The van der Waals surface area contributed by atoms with E-state index in [0.717, 1.165) is 12.8 Å². The first-order valence-corrected chi connectivity index (χ1v) is 18.1. The van der Waals surface area contributed by atoms with Gasteiger partial charge in [0.15, 0.2) is 12.6 Å². The maximum atomic E-state index is 14.0. The Morgan fingerprint density at radius 1 is 0.938 bits per heavy atom. The highest BCUT2D eigenvalue weighted by atomic mass is 16.7. The third-order valence-corrected chi connectivity index (χ3v) is 11.9. The average Bonchev–Trinajstić information content (AvgIpc) is 3.79. The molecule has 0 aromatic heterocycles. The van der Waals surface area contributed by atoms with Crippen LogP contribution in [0, 0.1) is 23.7 Å². The number of ether oxygens (including phenoxy) is 6. The number of hydrogen-bond donors (Lipinski definition) is 4. The Hall–Kier alpha value is -0.930. The molecule has 17 atom stereocenters. The molecule has 3 saturated heterocycles. The van der Waals surface area contributed by atoms with E-state index < -0.39 is 83.9 Å². The van der Waals surface area contributed by atoms with Gasteiger partial charge in [0.1, 0.15) is 23.9 Å². The predicted octanol–water partition coefficient (Wildman–Crippen LogP) is 3.00. The molecule has 280 valence electrons. The lowest BCUT2D eigenvalue weighted by Crippen LogP contribution is -2.59. The molecule has 0 aromatic rings. The highest BCUT2D eigenvalue weighted by molar-refractivity contribution is 5.73. The molecule has 0 unspecified atom stereocenters. The summed E-state index contributed by atoms with van der Waals surface area (Å²) >= 11 is 0. The van der Waals surface area contributed by atoms with Crippen molar-refractivity contribution >= 4 is 5.97 Å². The van der Waals surface area contributed by atoms with Crippen LogP contribution in [0.4, 0.5) is 0 Å². The summed E-state index contributed by atoms with van der Waals surface area (Å²) in [5.41, 5.74) is -4.07. The smallest absolute Gasteiger partial charge is 0.311 e. The zero-order valence-electron chi connectivity index (χ0n) is 31.1. The van der Waals surface area contributed by atoms with Gasteiger partial charge in [0.2, 0.25) is 0 Å². The highest BCUT2D eigenvalue weighted by Gasteiger charge is 2.53. The largest absolute Gasteiger partial charge is 0.459 e. The van der Waals surface area contributed by atoms with E-state index >= 15 is 0 Å². The molecule has 4 fully saturated rings. The second-order valence-electron chi connectivity index (χ2n) is 16.3. The van der Waals surface area contributed by atoms with Crippen molar-refractivity contribution in [3.05, 3.63) is 0 Å². The number of likely N-dealkylation sites (N-methyl/N-ethyl adjacent to an activating group) is 1. The predicted molar refractivity (Wildman–Crippen MR) is 178 cm³/mol. The Bertz CT molecular complexity index is 1070. The molecule has 0 radical (unpaired) electrons. The molecule has 4 rings (SSSR count). The molecule has 12 heteroatoms. The molecule has 3 heterocycles. The van der Waals surface area contributed by atoms with Gasteiger partial charge < -0.3 is 53.7 Å². The van der Waals surface area contributed by atoms with Gasteiger partial charge in [-0.15, -0.1) is 0 Å². The standard InChI is InChI=1S/C36H65NO11/c1-12-27-36(9,42)30(38)22(5)37(10)18-19(2)16-34(7,41)28(48-33-25-14-24(25)13-20(3)44-33)15-26(21(4)32(40)47-27)46-29-17-35(8,43-11)31(39)23(6)45-29/h19-31,33,38-39,41-42H,12-18H2,1-11H3/t19-,20-,21-,22-,23+,24+,25-,26+,27-,28-,29+,30-,31+,33+,34-,35-,36-/m1/s1. The molecular weight excluding hydrogens is 622 g/mol. The van der Waals surface area contributed by atoms with E-state index in [1.54, 1.807) is 34.6 Å². The Balaban J connectivity index is 1.73. The third kappa shape index (κ3) is 8.74. The second-order valence-corrected chi connectivity index (χ2v) is 16.3. The maximum Gasteiger partial charge on any atom is 0.311 e. The van der Waals surface area contributed by atoms with Crippen LogP contribution in [0.3, 0.4) is 0 Å². The zero-order chi connectivity index (χ0) is 35.9. The summed E-state index contributed by atoms with van der Waals surface area (Å²) in [5.74, 6) is -0.772.